The Morgan fingerprint density at radius 3 is 2.73 bits per heavy atom. The number of carbonyl (C=O) groups excluding carboxylic acids is 2. The van der Waals surface area contributed by atoms with Crippen LogP contribution in [0.15, 0.2) is 36.5 Å². The Balaban J connectivity index is 1.45. The van der Waals surface area contributed by atoms with Gasteiger partial charge < -0.3 is 4.90 Å². The maximum Gasteiger partial charge on any atom is 0.257 e. The zero-order valence-electron chi connectivity index (χ0n) is 19.0. The maximum atomic E-state index is 13.2. The first kappa shape index (κ1) is 21.3. The molecular weight excluding hydrogens is 416 g/mol. The number of anilines is 1. The lowest BCUT2D eigenvalue weighted by atomic mass is 10.0. The van der Waals surface area contributed by atoms with Crippen LogP contribution in [0.1, 0.15) is 64.0 Å². The number of hydrogen-bond acceptors (Lipinski definition) is 5. The molecule has 1 N–H and O–H groups in total. The Hall–Kier alpha value is -3.55. The smallest absolute Gasteiger partial charge is 0.257 e. The molecule has 0 aliphatic carbocycles. The third kappa shape index (κ3) is 4.01. The van der Waals surface area contributed by atoms with Gasteiger partial charge in [-0.15, -0.1) is 0 Å². The van der Waals surface area contributed by atoms with Crippen LogP contribution in [0.5, 0.6) is 0 Å². The molecule has 2 amide bonds. The number of rotatable bonds is 5. The lowest BCUT2D eigenvalue weighted by Gasteiger charge is -2.31. The molecule has 2 aliphatic heterocycles. The van der Waals surface area contributed by atoms with Crippen molar-refractivity contribution in [1.82, 2.24) is 25.1 Å². The van der Waals surface area contributed by atoms with Gasteiger partial charge in [-0.3, -0.25) is 19.6 Å². The lowest BCUT2D eigenvalue weighted by molar-refractivity contribution is -0.118. The number of fused-ring (bicyclic) bond motifs is 1. The molecule has 4 heterocycles. The molecule has 170 valence electrons. The predicted octanol–water partition coefficient (Wildman–Crippen LogP) is 3.32. The molecule has 0 radical (unpaired) electrons. The number of H-pyrrole nitrogens is 1. The zero-order chi connectivity index (χ0) is 22.9. The van der Waals surface area contributed by atoms with E-state index in [1.54, 1.807) is 6.20 Å². The molecule has 3 aromatic rings. The Morgan fingerprint density at radius 1 is 1.15 bits per heavy atom. The van der Waals surface area contributed by atoms with Crippen LogP contribution in [0.25, 0.3) is 0 Å². The van der Waals surface area contributed by atoms with E-state index >= 15 is 0 Å². The minimum absolute atomic E-state index is 0.0558. The number of nitrogens with one attached hydrogen (secondary N) is 1. The molecule has 1 fully saturated rings. The van der Waals surface area contributed by atoms with Gasteiger partial charge in [-0.25, -0.2) is 9.97 Å². The van der Waals surface area contributed by atoms with Crippen LogP contribution < -0.4 is 4.90 Å². The molecule has 0 unspecified atom stereocenters. The number of aromatic amines is 1. The average Bonchev–Trinajstić information content (AvgIpc) is 3.48. The van der Waals surface area contributed by atoms with Crippen molar-refractivity contribution in [3.05, 3.63) is 70.4 Å². The summed E-state index contributed by atoms with van der Waals surface area (Å²) in [7, 11) is 0. The fraction of sp³-hybridized carbons (Fsp3) is 0.400. The third-order valence-corrected chi connectivity index (χ3v) is 6.69. The molecule has 0 saturated carbocycles. The summed E-state index contributed by atoms with van der Waals surface area (Å²) >= 11 is 0. The predicted molar refractivity (Wildman–Crippen MR) is 124 cm³/mol. The largest absolute Gasteiger partial charge is 0.328 e. The van der Waals surface area contributed by atoms with Gasteiger partial charge in [0, 0.05) is 36.5 Å². The van der Waals surface area contributed by atoms with Crippen molar-refractivity contribution in [3.63, 3.8) is 0 Å². The molecule has 2 aliphatic rings. The standard InChI is InChI=1S/C25H28N6O2/c1-16-19-10-11-22(32)31(14-12-18-7-4-3-5-8-18)24(19)28-23(27-16)21-9-6-13-30(21)25(33)20-15-26-29-17(20)2/h3-5,7-8,15,21H,6,9-14H2,1-2H3,(H,26,29)/t21-/m0/s1. The monoisotopic (exact) mass is 444 g/mol. The molecule has 5 rings (SSSR count). The van der Waals surface area contributed by atoms with E-state index < -0.39 is 0 Å². The van der Waals surface area contributed by atoms with E-state index in [1.165, 1.54) is 5.56 Å². The van der Waals surface area contributed by atoms with E-state index in [2.05, 4.69) is 22.3 Å². The second-order valence-electron chi connectivity index (χ2n) is 8.82. The molecule has 0 bridgehead atoms. The van der Waals surface area contributed by atoms with Crippen molar-refractivity contribution < 1.29 is 9.59 Å². The highest BCUT2D eigenvalue weighted by atomic mass is 16.2. The summed E-state index contributed by atoms with van der Waals surface area (Å²) in [6, 6.07) is 9.97. The molecular formula is C25H28N6O2. The number of nitrogens with zero attached hydrogens (tertiary/aromatic N) is 5. The van der Waals surface area contributed by atoms with Crippen LogP contribution >= 0.6 is 0 Å². The SMILES string of the molecule is Cc1nc([C@@H]2CCCN2C(=O)c2cn[nH]c2C)nc2c1CCC(=O)N2CCc1ccccc1. The fourth-order valence-electron chi connectivity index (χ4n) is 4.87. The molecule has 1 saturated heterocycles. The summed E-state index contributed by atoms with van der Waals surface area (Å²) in [5.74, 6) is 1.37. The zero-order valence-corrected chi connectivity index (χ0v) is 19.0. The van der Waals surface area contributed by atoms with E-state index in [4.69, 9.17) is 9.97 Å². The molecule has 33 heavy (non-hydrogen) atoms. The minimum Gasteiger partial charge on any atom is -0.328 e. The minimum atomic E-state index is -0.205. The van der Waals surface area contributed by atoms with Crippen LogP contribution in [0.2, 0.25) is 0 Å². The summed E-state index contributed by atoms with van der Waals surface area (Å²) in [6.07, 6.45) is 5.17. The number of likely N-dealkylation sites (tertiary alicyclic amines) is 1. The number of aryl methyl sites for hydroxylation is 2. The molecule has 0 spiro atoms. The fourth-order valence-corrected chi connectivity index (χ4v) is 4.87. The van der Waals surface area contributed by atoms with E-state index in [1.807, 2.05) is 41.8 Å². The summed E-state index contributed by atoms with van der Waals surface area (Å²) in [5, 5.41) is 6.84. The topological polar surface area (TPSA) is 95.1 Å². The van der Waals surface area contributed by atoms with Crippen molar-refractivity contribution in [2.24, 2.45) is 0 Å². The second-order valence-corrected chi connectivity index (χ2v) is 8.82. The van der Waals surface area contributed by atoms with E-state index in [-0.39, 0.29) is 17.9 Å². The van der Waals surface area contributed by atoms with Gasteiger partial charge >= 0.3 is 0 Å². The van der Waals surface area contributed by atoms with Crippen LogP contribution in [-0.2, 0) is 17.6 Å². The second kappa shape index (κ2) is 8.77. The van der Waals surface area contributed by atoms with Crippen molar-refractivity contribution >= 4 is 17.6 Å². The first-order valence-corrected chi connectivity index (χ1v) is 11.6. The van der Waals surface area contributed by atoms with E-state index in [0.29, 0.717) is 43.1 Å². The van der Waals surface area contributed by atoms with Gasteiger partial charge in [0.1, 0.15) is 5.82 Å². The average molecular weight is 445 g/mol. The highest BCUT2D eigenvalue weighted by molar-refractivity contribution is 5.96. The highest BCUT2D eigenvalue weighted by Gasteiger charge is 2.36. The lowest BCUT2D eigenvalue weighted by Crippen LogP contribution is -2.39. The van der Waals surface area contributed by atoms with Gasteiger partial charge in [0.2, 0.25) is 5.91 Å². The van der Waals surface area contributed by atoms with Gasteiger partial charge in [-0.1, -0.05) is 30.3 Å². The molecule has 1 aromatic carbocycles. The summed E-state index contributed by atoms with van der Waals surface area (Å²) in [5.41, 5.74) is 4.45. The van der Waals surface area contributed by atoms with Crippen LogP contribution in [0, 0.1) is 13.8 Å². The van der Waals surface area contributed by atoms with Crippen LogP contribution in [0.3, 0.4) is 0 Å². The maximum absolute atomic E-state index is 13.2. The van der Waals surface area contributed by atoms with Crippen molar-refractivity contribution in [3.8, 4) is 0 Å². The third-order valence-electron chi connectivity index (χ3n) is 6.69. The Labute approximate surface area is 193 Å². The summed E-state index contributed by atoms with van der Waals surface area (Å²) in [6.45, 7) is 5.06. The number of carbonyl (C=O) groups is 2. The first-order valence-electron chi connectivity index (χ1n) is 11.6. The summed E-state index contributed by atoms with van der Waals surface area (Å²) in [4.78, 5) is 39.5. The quantitative estimate of drug-likeness (QED) is 0.651. The van der Waals surface area contributed by atoms with Crippen molar-refractivity contribution in [2.75, 3.05) is 18.0 Å². The highest BCUT2D eigenvalue weighted by Crippen LogP contribution is 2.35. The number of amides is 2. The number of aromatic nitrogens is 4. The molecule has 1 atom stereocenters. The van der Waals surface area contributed by atoms with Gasteiger partial charge in [-0.05, 0) is 45.1 Å². The van der Waals surface area contributed by atoms with Gasteiger partial charge in [0.05, 0.1) is 17.8 Å². The van der Waals surface area contributed by atoms with Gasteiger partial charge in [0.15, 0.2) is 5.82 Å². The first-order chi connectivity index (χ1) is 16.0. The Bertz CT molecular complexity index is 1190. The van der Waals surface area contributed by atoms with E-state index in [9.17, 15) is 9.59 Å². The Morgan fingerprint density at radius 2 is 1.97 bits per heavy atom. The van der Waals surface area contributed by atoms with Crippen LogP contribution in [0.4, 0.5) is 5.82 Å². The molecule has 8 heteroatoms. The number of benzene rings is 1. The molecule has 2 aromatic heterocycles. The van der Waals surface area contributed by atoms with Gasteiger partial charge in [0.25, 0.3) is 5.91 Å². The van der Waals surface area contributed by atoms with Crippen LogP contribution in [-0.4, -0.2) is 50.0 Å². The Kier molecular flexibility index (Phi) is 5.66. The number of hydrogen-bond donors (Lipinski definition) is 1. The normalized spacial score (nSPS) is 18.0. The van der Waals surface area contributed by atoms with Crippen molar-refractivity contribution in [1.29, 1.82) is 0 Å². The van der Waals surface area contributed by atoms with E-state index in [0.717, 1.165) is 36.2 Å². The molecule has 8 nitrogen and oxygen atoms in total. The van der Waals surface area contributed by atoms with Gasteiger partial charge in [-0.2, -0.15) is 5.10 Å². The summed E-state index contributed by atoms with van der Waals surface area (Å²) < 4.78 is 0. The van der Waals surface area contributed by atoms with Crippen molar-refractivity contribution in [2.45, 2.75) is 52.0 Å².